The van der Waals surface area contributed by atoms with Crippen molar-refractivity contribution in [1.29, 1.82) is 0 Å². The lowest BCUT2D eigenvalue weighted by Crippen LogP contribution is -2.12. The van der Waals surface area contributed by atoms with Gasteiger partial charge < -0.3 is 14.3 Å². The molecule has 0 aliphatic heterocycles. The maximum atomic E-state index is 12.3. The third-order valence-corrected chi connectivity index (χ3v) is 5.37. The monoisotopic (exact) mass is 521 g/mol. The van der Waals surface area contributed by atoms with E-state index in [1.807, 2.05) is 30.5 Å². The summed E-state index contributed by atoms with van der Waals surface area (Å²) in [5, 5.41) is 18.1. The van der Waals surface area contributed by atoms with Crippen molar-refractivity contribution in [2.45, 2.75) is 20.1 Å². The van der Waals surface area contributed by atoms with Gasteiger partial charge in [0.1, 0.15) is 35.1 Å². The second-order valence-corrected chi connectivity index (χ2v) is 8.41. The van der Waals surface area contributed by atoms with Crippen LogP contribution in [0.5, 0.6) is 11.5 Å². The average Bonchev–Trinajstić information content (AvgIpc) is 3.25. The topological polar surface area (TPSA) is 107 Å². The quantitative estimate of drug-likeness (QED) is 0.268. The number of aryl methyl sites for hydroxylation is 1. The second kappa shape index (κ2) is 10.3. The lowest BCUT2D eigenvalue weighted by atomic mass is 10.1. The van der Waals surface area contributed by atoms with Crippen molar-refractivity contribution in [2.24, 2.45) is 0 Å². The summed E-state index contributed by atoms with van der Waals surface area (Å²) >= 11 is 3.42. The van der Waals surface area contributed by atoms with Crippen LogP contribution in [0.2, 0.25) is 0 Å². The molecule has 2 aromatic heterocycles. The number of hydrogen-bond donors (Lipinski definition) is 1. The van der Waals surface area contributed by atoms with Gasteiger partial charge in [0, 0.05) is 10.5 Å². The highest BCUT2D eigenvalue weighted by atomic mass is 79.9. The number of carbonyl (C=O) groups excluding carboxylic acids is 1. The van der Waals surface area contributed by atoms with Crippen LogP contribution < -0.4 is 10.4 Å². The molecule has 4 rings (SSSR count). The number of ether oxygens (including phenoxy) is 1. The van der Waals surface area contributed by atoms with Crippen LogP contribution in [0.4, 0.5) is 0 Å². The summed E-state index contributed by atoms with van der Waals surface area (Å²) in [5.74, 6) is -0.188. The summed E-state index contributed by atoms with van der Waals surface area (Å²) in [7, 11) is 0. The molecule has 1 N–H and O–H groups in total. The van der Waals surface area contributed by atoms with Crippen LogP contribution in [0, 0.1) is 6.92 Å². The number of halogens is 1. The van der Waals surface area contributed by atoms with E-state index in [1.54, 1.807) is 35.0 Å². The molecule has 0 spiro atoms. The molecule has 9 heteroatoms. The highest BCUT2D eigenvalue weighted by Crippen LogP contribution is 2.18. The van der Waals surface area contributed by atoms with Gasteiger partial charge in [-0.25, -0.2) is 9.48 Å². The normalized spacial score (nSPS) is 11.1. The van der Waals surface area contributed by atoms with Crippen LogP contribution in [0.1, 0.15) is 32.9 Å². The summed E-state index contributed by atoms with van der Waals surface area (Å²) in [6, 6.07) is 16.3. The van der Waals surface area contributed by atoms with E-state index >= 15 is 0 Å². The molecular weight excluding hydrogens is 502 g/mol. The van der Waals surface area contributed by atoms with Crippen molar-refractivity contribution >= 4 is 27.8 Å². The van der Waals surface area contributed by atoms with Gasteiger partial charge in [0.2, 0.25) is 0 Å². The minimum Gasteiger partial charge on any atom is -0.507 e. The third-order valence-electron chi connectivity index (χ3n) is 4.84. The SMILES string of the molecule is Cc1cc(O)c(C(=O)/C=C/c2ccc(OCc3cn(Cc4ccc(Br)cc4)nn3)cc2)c(=O)o1. The summed E-state index contributed by atoms with van der Waals surface area (Å²) in [5.41, 5.74) is 1.27. The predicted octanol–water partition coefficient (Wildman–Crippen LogP) is 4.53. The Labute approximate surface area is 203 Å². The van der Waals surface area contributed by atoms with Crippen LogP contribution in [0.25, 0.3) is 6.08 Å². The van der Waals surface area contributed by atoms with E-state index in [0.29, 0.717) is 18.0 Å². The molecule has 2 aromatic carbocycles. The number of aromatic hydroxyl groups is 1. The van der Waals surface area contributed by atoms with E-state index in [9.17, 15) is 14.7 Å². The maximum absolute atomic E-state index is 12.3. The highest BCUT2D eigenvalue weighted by molar-refractivity contribution is 9.10. The van der Waals surface area contributed by atoms with Gasteiger partial charge in [-0.2, -0.15) is 0 Å². The fourth-order valence-corrected chi connectivity index (χ4v) is 3.43. The molecule has 2 heterocycles. The summed E-state index contributed by atoms with van der Waals surface area (Å²) in [4.78, 5) is 24.1. The number of ketones is 1. The zero-order valence-electron chi connectivity index (χ0n) is 18.1. The van der Waals surface area contributed by atoms with Gasteiger partial charge >= 0.3 is 5.63 Å². The average molecular weight is 522 g/mol. The fourth-order valence-electron chi connectivity index (χ4n) is 3.17. The first-order valence-electron chi connectivity index (χ1n) is 10.3. The number of aromatic nitrogens is 3. The maximum Gasteiger partial charge on any atom is 0.351 e. The van der Waals surface area contributed by atoms with Crippen molar-refractivity contribution < 1.29 is 19.1 Å². The first-order valence-corrected chi connectivity index (χ1v) is 11.1. The number of rotatable bonds is 8. The van der Waals surface area contributed by atoms with Gasteiger partial charge in [-0.15, -0.1) is 5.10 Å². The van der Waals surface area contributed by atoms with Gasteiger partial charge in [-0.1, -0.05) is 51.5 Å². The molecule has 172 valence electrons. The number of allylic oxidation sites excluding steroid dienone is 1. The van der Waals surface area contributed by atoms with Crippen LogP contribution in [0.15, 0.2) is 80.6 Å². The van der Waals surface area contributed by atoms with E-state index < -0.39 is 22.7 Å². The lowest BCUT2D eigenvalue weighted by molar-refractivity contribution is 0.104. The van der Waals surface area contributed by atoms with Gasteiger partial charge in [0.05, 0.1) is 12.7 Å². The van der Waals surface area contributed by atoms with Crippen LogP contribution >= 0.6 is 15.9 Å². The molecule has 0 aliphatic rings. The number of carbonyl (C=O) groups is 1. The summed E-state index contributed by atoms with van der Waals surface area (Å²) in [6.07, 6.45) is 4.58. The zero-order chi connectivity index (χ0) is 24.1. The minimum atomic E-state index is -0.871. The van der Waals surface area contributed by atoms with Crippen molar-refractivity contribution in [2.75, 3.05) is 0 Å². The zero-order valence-corrected chi connectivity index (χ0v) is 19.7. The molecule has 0 aliphatic carbocycles. The van der Waals surface area contributed by atoms with Gasteiger partial charge in [-0.3, -0.25) is 4.79 Å². The Morgan fingerprint density at radius 1 is 1.18 bits per heavy atom. The first kappa shape index (κ1) is 23.2. The Morgan fingerprint density at radius 3 is 2.62 bits per heavy atom. The van der Waals surface area contributed by atoms with Crippen LogP contribution in [-0.4, -0.2) is 25.9 Å². The molecule has 8 nitrogen and oxygen atoms in total. The minimum absolute atomic E-state index is 0.228. The molecule has 0 bridgehead atoms. The second-order valence-electron chi connectivity index (χ2n) is 7.49. The molecule has 0 saturated heterocycles. The molecule has 0 atom stereocenters. The van der Waals surface area contributed by atoms with Crippen molar-refractivity contribution in [3.63, 3.8) is 0 Å². The van der Waals surface area contributed by atoms with Crippen LogP contribution in [0.3, 0.4) is 0 Å². The van der Waals surface area contributed by atoms with Crippen molar-refractivity contribution in [3.8, 4) is 11.5 Å². The van der Waals surface area contributed by atoms with Gasteiger partial charge in [-0.05, 0) is 48.4 Å². The molecule has 0 saturated carbocycles. The fraction of sp³-hybridized carbons (Fsp3) is 0.120. The van der Waals surface area contributed by atoms with Gasteiger partial charge in [0.15, 0.2) is 5.78 Å². The molecule has 0 fully saturated rings. The Kier molecular flexibility index (Phi) is 7.03. The third kappa shape index (κ3) is 5.87. The largest absolute Gasteiger partial charge is 0.507 e. The standard InChI is InChI=1S/C25H20BrN3O5/c1-16-12-23(31)24(25(32)34-16)22(30)11-6-17-4-9-21(10-5-17)33-15-20-14-29(28-27-20)13-18-2-7-19(26)8-3-18/h2-12,14,31H,13,15H2,1H3/b11-6+. The van der Waals surface area contributed by atoms with Gasteiger partial charge in [0.25, 0.3) is 0 Å². The van der Waals surface area contributed by atoms with E-state index in [0.717, 1.165) is 15.6 Å². The Hall–Kier alpha value is -3.98. The predicted molar refractivity (Wildman–Crippen MR) is 129 cm³/mol. The van der Waals surface area contributed by atoms with E-state index in [-0.39, 0.29) is 12.4 Å². The van der Waals surface area contributed by atoms with E-state index in [2.05, 4.69) is 26.2 Å². The number of benzene rings is 2. The smallest absolute Gasteiger partial charge is 0.351 e. The van der Waals surface area contributed by atoms with E-state index in [4.69, 9.17) is 9.15 Å². The summed E-state index contributed by atoms with van der Waals surface area (Å²) in [6.45, 7) is 2.39. The molecule has 0 unspecified atom stereocenters. The lowest BCUT2D eigenvalue weighted by Gasteiger charge is -2.04. The molecule has 4 aromatic rings. The number of nitrogens with zero attached hydrogens (tertiary/aromatic N) is 3. The Morgan fingerprint density at radius 2 is 1.91 bits per heavy atom. The molecule has 0 radical (unpaired) electrons. The number of hydrogen-bond acceptors (Lipinski definition) is 7. The Balaban J connectivity index is 1.33. The summed E-state index contributed by atoms with van der Waals surface area (Å²) < 4.78 is 13.4. The first-order chi connectivity index (χ1) is 16.4. The van der Waals surface area contributed by atoms with Crippen molar-refractivity contribution in [1.82, 2.24) is 15.0 Å². The van der Waals surface area contributed by atoms with Crippen molar-refractivity contribution in [3.05, 3.63) is 110 Å². The van der Waals surface area contributed by atoms with Crippen LogP contribution in [-0.2, 0) is 13.2 Å². The molecule has 34 heavy (non-hydrogen) atoms. The van der Waals surface area contributed by atoms with E-state index in [1.165, 1.54) is 19.1 Å². The highest BCUT2D eigenvalue weighted by Gasteiger charge is 2.15. The Bertz CT molecular complexity index is 1390. The molecule has 0 amide bonds. The molecular formula is C25H20BrN3O5.